The lowest BCUT2D eigenvalue weighted by molar-refractivity contribution is 0.283. The minimum absolute atomic E-state index is 0.195. The first-order valence-electron chi connectivity index (χ1n) is 6.72. The maximum Gasteiger partial charge on any atom is 0.178 e. The summed E-state index contributed by atoms with van der Waals surface area (Å²) in [6.45, 7) is 2.09. The first-order chi connectivity index (χ1) is 9.29. The van der Waals surface area contributed by atoms with Crippen LogP contribution in [0.4, 0.5) is 5.82 Å². The van der Waals surface area contributed by atoms with Crippen LogP contribution in [0.2, 0.25) is 5.15 Å². The molecule has 3 rings (SSSR count). The molecule has 2 unspecified atom stereocenters. The van der Waals surface area contributed by atoms with Gasteiger partial charge >= 0.3 is 0 Å². The first-order valence-corrected chi connectivity index (χ1v) is 7.10. The van der Waals surface area contributed by atoms with Gasteiger partial charge in [-0.2, -0.15) is 5.26 Å². The zero-order valence-corrected chi connectivity index (χ0v) is 11.4. The third-order valence-electron chi connectivity index (χ3n) is 3.98. The first kappa shape index (κ1) is 12.6. The molecule has 2 fully saturated rings. The molecule has 0 amide bonds. The molecule has 0 saturated carbocycles. The van der Waals surface area contributed by atoms with Gasteiger partial charge in [0.1, 0.15) is 11.9 Å². The van der Waals surface area contributed by atoms with Crippen molar-refractivity contribution < 1.29 is 0 Å². The molecule has 1 aromatic heterocycles. The summed E-state index contributed by atoms with van der Waals surface area (Å²) in [6.07, 6.45) is 6.40. The molecule has 0 aromatic carbocycles. The monoisotopic (exact) mass is 277 g/mol. The standard InChI is InChI=1S/C13H16ClN5/c14-13-10(7-15)17-8-12(18-13)19-6-2-3-9-11(19)4-1-5-16-9/h8-9,11,16H,1-6H2. The van der Waals surface area contributed by atoms with Crippen LogP contribution in [0.5, 0.6) is 0 Å². The number of hydrogen-bond donors (Lipinski definition) is 1. The lowest BCUT2D eigenvalue weighted by Gasteiger charge is -2.45. The van der Waals surface area contributed by atoms with Crippen LogP contribution in [-0.2, 0) is 0 Å². The number of nitriles is 1. The second-order valence-electron chi connectivity index (χ2n) is 5.09. The molecule has 1 aromatic rings. The number of piperidine rings is 2. The van der Waals surface area contributed by atoms with Gasteiger partial charge in [-0.1, -0.05) is 11.6 Å². The predicted molar refractivity (Wildman–Crippen MR) is 73.1 cm³/mol. The van der Waals surface area contributed by atoms with Crippen molar-refractivity contribution in [2.24, 2.45) is 0 Å². The number of hydrogen-bond acceptors (Lipinski definition) is 5. The Morgan fingerprint density at radius 1 is 1.42 bits per heavy atom. The van der Waals surface area contributed by atoms with Gasteiger partial charge in [-0.15, -0.1) is 0 Å². The van der Waals surface area contributed by atoms with E-state index in [4.69, 9.17) is 16.9 Å². The fourth-order valence-electron chi connectivity index (χ4n) is 3.11. The Morgan fingerprint density at radius 3 is 3.11 bits per heavy atom. The summed E-state index contributed by atoms with van der Waals surface area (Å²) in [5, 5.41) is 12.6. The van der Waals surface area contributed by atoms with Gasteiger partial charge in [0.05, 0.1) is 6.20 Å². The van der Waals surface area contributed by atoms with Gasteiger partial charge in [-0.25, -0.2) is 9.97 Å². The van der Waals surface area contributed by atoms with E-state index in [1.165, 1.54) is 19.3 Å². The van der Waals surface area contributed by atoms with E-state index < -0.39 is 0 Å². The molecule has 2 saturated heterocycles. The molecule has 0 aliphatic carbocycles. The highest BCUT2D eigenvalue weighted by molar-refractivity contribution is 6.30. The summed E-state index contributed by atoms with van der Waals surface area (Å²) in [5.41, 5.74) is 0.195. The molecule has 0 spiro atoms. The van der Waals surface area contributed by atoms with Gasteiger partial charge < -0.3 is 10.2 Å². The Bertz CT molecular complexity index is 510. The molecular weight excluding hydrogens is 262 g/mol. The normalized spacial score (nSPS) is 26.6. The molecule has 0 bridgehead atoms. The smallest absolute Gasteiger partial charge is 0.178 e. The van der Waals surface area contributed by atoms with Crippen LogP contribution >= 0.6 is 11.6 Å². The lowest BCUT2D eigenvalue weighted by Crippen LogP contribution is -2.57. The van der Waals surface area contributed by atoms with Gasteiger partial charge in [0.2, 0.25) is 0 Å². The summed E-state index contributed by atoms with van der Waals surface area (Å²) in [4.78, 5) is 10.7. The largest absolute Gasteiger partial charge is 0.351 e. The maximum atomic E-state index is 8.85. The van der Waals surface area contributed by atoms with E-state index in [9.17, 15) is 0 Å². The number of anilines is 1. The Morgan fingerprint density at radius 2 is 2.32 bits per heavy atom. The second kappa shape index (κ2) is 5.32. The molecule has 2 aliphatic rings. The quantitative estimate of drug-likeness (QED) is 0.847. The summed E-state index contributed by atoms with van der Waals surface area (Å²) in [7, 11) is 0. The molecule has 19 heavy (non-hydrogen) atoms. The van der Waals surface area contributed by atoms with Crippen LogP contribution in [0.1, 0.15) is 31.4 Å². The number of rotatable bonds is 1. The third kappa shape index (κ3) is 2.38. The van der Waals surface area contributed by atoms with Crippen molar-refractivity contribution in [2.75, 3.05) is 18.0 Å². The van der Waals surface area contributed by atoms with Gasteiger partial charge in [0.15, 0.2) is 10.8 Å². The molecule has 100 valence electrons. The van der Waals surface area contributed by atoms with Crippen LogP contribution < -0.4 is 10.2 Å². The minimum atomic E-state index is 0.195. The van der Waals surface area contributed by atoms with E-state index in [2.05, 4.69) is 20.2 Å². The number of nitrogens with zero attached hydrogens (tertiary/aromatic N) is 4. The molecule has 6 heteroatoms. The number of fused-ring (bicyclic) bond motifs is 1. The highest BCUT2D eigenvalue weighted by Crippen LogP contribution is 2.29. The van der Waals surface area contributed by atoms with Gasteiger partial charge in [-0.05, 0) is 32.2 Å². The lowest BCUT2D eigenvalue weighted by atomic mass is 9.89. The van der Waals surface area contributed by atoms with Crippen LogP contribution in [0.3, 0.4) is 0 Å². The summed E-state index contributed by atoms with van der Waals surface area (Å²) in [6, 6.07) is 2.96. The second-order valence-corrected chi connectivity index (χ2v) is 5.44. The van der Waals surface area contributed by atoms with Crippen LogP contribution in [0, 0.1) is 11.3 Å². The van der Waals surface area contributed by atoms with Crippen LogP contribution in [0.15, 0.2) is 6.20 Å². The molecule has 1 N–H and O–H groups in total. The third-order valence-corrected chi connectivity index (χ3v) is 4.24. The van der Waals surface area contributed by atoms with Crippen molar-refractivity contribution in [1.29, 1.82) is 5.26 Å². The van der Waals surface area contributed by atoms with Gasteiger partial charge in [-0.3, -0.25) is 0 Å². The highest BCUT2D eigenvalue weighted by atomic mass is 35.5. The molecule has 2 aliphatic heterocycles. The highest BCUT2D eigenvalue weighted by Gasteiger charge is 2.34. The topological polar surface area (TPSA) is 64.8 Å². The van der Waals surface area contributed by atoms with Crippen LogP contribution in [0.25, 0.3) is 0 Å². The van der Waals surface area contributed by atoms with Gasteiger partial charge in [0.25, 0.3) is 0 Å². The average molecular weight is 278 g/mol. The molecular formula is C13H16ClN5. The number of halogens is 1. The maximum absolute atomic E-state index is 8.85. The Kier molecular flexibility index (Phi) is 3.54. The summed E-state index contributed by atoms with van der Waals surface area (Å²) < 4.78 is 0. The number of nitrogens with one attached hydrogen (secondary N) is 1. The zero-order chi connectivity index (χ0) is 13.2. The van der Waals surface area contributed by atoms with E-state index in [-0.39, 0.29) is 10.8 Å². The predicted octanol–water partition coefficient (Wildman–Crippen LogP) is 1.72. The van der Waals surface area contributed by atoms with E-state index in [0.717, 1.165) is 25.3 Å². The fourth-order valence-corrected chi connectivity index (χ4v) is 3.28. The SMILES string of the molecule is N#Cc1ncc(N2CCCC3NCCCC32)nc1Cl. The number of aromatic nitrogens is 2. The van der Waals surface area contributed by atoms with E-state index in [1.54, 1.807) is 6.20 Å². The Labute approximate surface area is 117 Å². The van der Waals surface area contributed by atoms with Crippen molar-refractivity contribution in [3.63, 3.8) is 0 Å². The van der Waals surface area contributed by atoms with E-state index in [0.29, 0.717) is 12.1 Å². The van der Waals surface area contributed by atoms with E-state index >= 15 is 0 Å². The fraction of sp³-hybridized carbons (Fsp3) is 0.615. The van der Waals surface area contributed by atoms with Crippen molar-refractivity contribution in [2.45, 2.75) is 37.8 Å². The minimum Gasteiger partial charge on any atom is -0.351 e. The molecule has 3 heterocycles. The Hall–Kier alpha value is -1.38. The van der Waals surface area contributed by atoms with Gasteiger partial charge in [0, 0.05) is 18.6 Å². The van der Waals surface area contributed by atoms with Crippen molar-refractivity contribution >= 4 is 17.4 Å². The summed E-state index contributed by atoms with van der Waals surface area (Å²) >= 11 is 5.99. The van der Waals surface area contributed by atoms with Crippen molar-refractivity contribution in [3.05, 3.63) is 17.0 Å². The zero-order valence-electron chi connectivity index (χ0n) is 10.6. The van der Waals surface area contributed by atoms with E-state index in [1.807, 2.05) is 6.07 Å². The Balaban J connectivity index is 1.88. The van der Waals surface area contributed by atoms with Crippen molar-refractivity contribution in [3.8, 4) is 6.07 Å². The average Bonchev–Trinajstić information content (AvgIpc) is 2.46. The summed E-state index contributed by atoms with van der Waals surface area (Å²) in [5.74, 6) is 0.794. The molecule has 5 nitrogen and oxygen atoms in total. The molecule has 2 atom stereocenters. The molecule has 0 radical (unpaired) electrons. The van der Waals surface area contributed by atoms with Crippen LogP contribution in [-0.4, -0.2) is 35.1 Å². The van der Waals surface area contributed by atoms with Crippen molar-refractivity contribution in [1.82, 2.24) is 15.3 Å².